The third kappa shape index (κ3) is 3.92. The summed E-state index contributed by atoms with van der Waals surface area (Å²) >= 11 is 0. The number of carbonyl (C=O) groups excluding carboxylic acids is 2. The Kier molecular flexibility index (Phi) is 5.27. The van der Waals surface area contributed by atoms with Crippen molar-refractivity contribution < 1.29 is 14.3 Å². The second-order valence-electron chi connectivity index (χ2n) is 8.88. The number of likely N-dealkylation sites (N-methyl/N-ethyl adjacent to an activating group) is 1. The summed E-state index contributed by atoms with van der Waals surface area (Å²) in [6.45, 7) is 4.82. The first kappa shape index (κ1) is 20.4. The van der Waals surface area contributed by atoms with Gasteiger partial charge in [0.1, 0.15) is 6.10 Å². The molecule has 1 aliphatic heterocycles. The number of aromatic amines is 1. The highest BCUT2D eigenvalue weighted by Gasteiger charge is 2.45. The van der Waals surface area contributed by atoms with Gasteiger partial charge in [-0.05, 0) is 46.3 Å². The molecule has 2 aromatic rings. The minimum absolute atomic E-state index is 0.00161. The number of amides is 2. The average molecular weight is 412 g/mol. The van der Waals surface area contributed by atoms with Crippen molar-refractivity contribution in [2.45, 2.75) is 44.9 Å². The lowest BCUT2D eigenvalue weighted by Gasteiger charge is -2.33. The van der Waals surface area contributed by atoms with Crippen LogP contribution >= 0.6 is 0 Å². The highest BCUT2D eigenvalue weighted by atomic mass is 16.6. The van der Waals surface area contributed by atoms with E-state index in [-0.39, 0.29) is 24.0 Å². The maximum absolute atomic E-state index is 13.2. The van der Waals surface area contributed by atoms with E-state index in [1.807, 2.05) is 63.2 Å². The van der Waals surface area contributed by atoms with Crippen LogP contribution < -0.4 is 5.32 Å². The lowest BCUT2D eigenvalue weighted by molar-refractivity contribution is -0.117. The molecule has 1 aromatic carbocycles. The van der Waals surface area contributed by atoms with E-state index in [0.717, 1.165) is 29.7 Å². The van der Waals surface area contributed by atoms with Gasteiger partial charge in [-0.25, -0.2) is 4.79 Å². The summed E-state index contributed by atoms with van der Waals surface area (Å²) < 4.78 is 5.96. The van der Waals surface area contributed by atoms with Crippen molar-refractivity contribution in [1.82, 2.24) is 20.0 Å². The van der Waals surface area contributed by atoms with Gasteiger partial charge >= 0.3 is 6.09 Å². The summed E-state index contributed by atoms with van der Waals surface area (Å²) in [5.41, 5.74) is 2.00. The minimum atomic E-state index is -0.624. The van der Waals surface area contributed by atoms with Crippen LogP contribution in [0.3, 0.4) is 0 Å². The summed E-state index contributed by atoms with van der Waals surface area (Å²) in [4.78, 5) is 29.1. The molecule has 8 nitrogen and oxygen atoms in total. The van der Waals surface area contributed by atoms with Crippen LogP contribution in [0.25, 0.3) is 0 Å². The third-order valence-corrected chi connectivity index (χ3v) is 5.83. The second-order valence-corrected chi connectivity index (χ2v) is 8.88. The summed E-state index contributed by atoms with van der Waals surface area (Å²) in [5, 5.41) is 10.2. The SMILES string of the molecule is CN(C)CC(OC(=O)N1Cc2c(NC(=O)C3CC3)n[nH]c2C1(C)C)c1ccccc1. The van der Waals surface area contributed by atoms with Gasteiger partial charge in [0.25, 0.3) is 0 Å². The van der Waals surface area contributed by atoms with E-state index < -0.39 is 5.54 Å². The molecular formula is C22H29N5O3. The number of hydrogen-bond donors (Lipinski definition) is 2. The first-order valence-corrected chi connectivity index (χ1v) is 10.3. The molecule has 160 valence electrons. The number of hydrogen-bond acceptors (Lipinski definition) is 5. The molecule has 1 fully saturated rings. The number of nitrogens with one attached hydrogen (secondary N) is 2. The van der Waals surface area contributed by atoms with E-state index in [2.05, 4.69) is 15.5 Å². The number of carbonyl (C=O) groups is 2. The van der Waals surface area contributed by atoms with Gasteiger partial charge < -0.3 is 15.0 Å². The molecule has 8 heteroatoms. The van der Waals surface area contributed by atoms with Crippen LogP contribution in [0, 0.1) is 5.92 Å². The van der Waals surface area contributed by atoms with E-state index in [4.69, 9.17) is 4.74 Å². The smallest absolute Gasteiger partial charge is 0.411 e. The molecule has 2 amide bonds. The third-order valence-electron chi connectivity index (χ3n) is 5.83. The zero-order chi connectivity index (χ0) is 21.5. The molecule has 30 heavy (non-hydrogen) atoms. The average Bonchev–Trinajstić information content (AvgIpc) is 3.42. The minimum Gasteiger partial charge on any atom is -0.440 e. The number of rotatable bonds is 6. The van der Waals surface area contributed by atoms with Gasteiger partial charge in [-0.15, -0.1) is 0 Å². The molecule has 0 radical (unpaired) electrons. The Morgan fingerprint density at radius 3 is 2.63 bits per heavy atom. The molecule has 1 unspecified atom stereocenters. The van der Waals surface area contributed by atoms with E-state index in [9.17, 15) is 9.59 Å². The van der Waals surface area contributed by atoms with Crippen molar-refractivity contribution >= 4 is 17.8 Å². The number of ether oxygens (including phenoxy) is 1. The van der Waals surface area contributed by atoms with Crippen LogP contribution in [0.5, 0.6) is 0 Å². The van der Waals surface area contributed by atoms with Crippen LogP contribution in [0.15, 0.2) is 30.3 Å². The van der Waals surface area contributed by atoms with Crippen LogP contribution in [0.2, 0.25) is 0 Å². The zero-order valence-corrected chi connectivity index (χ0v) is 17.9. The Bertz CT molecular complexity index is 934. The van der Waals surface area contributed by atoms with Crippen LogP contribution in [-0.4, -0.2) is 52.6 Å². The quantitative estimate of drug-likeness (QED) is 0.762. The van der Waals surface area contributed by atoms with Gasteiger partial charge in [-0.3, -0.25) is 14.8 Å². The zero-order valence-electron chi connectivity index (χ0n) is 17.9. The monoisotopic (exact) mass is 411 g/mol. The predicted octanol–water partition coefficient (Wildman–Crippen LogP) is 3.25. The van der Waals surface area contributed by atoms with Crippen molar-refractivity contribution in [3.05, 3.63) is 47.2 Å². The standard InChI is InChI=1S/C22H29N5O3/c1-22(2)18-16(19(25-24-18)23-20(28)15-10-11-15)12-27(22)21(29)30-17(13-26(3)4)14-8-6-5-7-9-14/h5-9,15,17H,10-13H2,1-4H3,(H2,23,24,25,28). The lowest BCUT2D eigenvalue weighted by Crippen LogP contribution is -2.42. The molecule has 1 atom stereocenters. The Morgan fingerprint density at radius 1 is 1.30 bits per heavy atom. The second kappa shape index (κ2) is 7.75. The fourth-order valence-corrected chi connectivity index (χ4v) is 3.87. The maximum atomic E-state index is 13.2. The van der Waals surface area contributed by atoms with Crippen molar-refractivity contribution in [3.63, 3.8) is 0 Å². The van der Waals surface area contributed by atoms with Gasteiger partial charge in [0.05, 0.1) is 17.8 Å². The normalized spacial score (nSPS) is 18.2. The Hall–Kier alpha value is -2.87. The number of anilines is 1. The van der Waals surface area contributed by atoms with Gasteiger partial charge in [0, 0.05) is 18.0 Å². The van der Waals surface area contributed by atoms with Crippen molar-refractivity contribution in [2.24, 2.45) is 5.92 Å². The summed E-state index contributed by atoms with van der Waals surface area (Å²) in [7, 11) is 3.91. The van der Waals surface area contributed by atoms with E-state index in [0.29, 0.717) is 18.9 Å². The fourth-order valence-electron chi connectivity index (χ4n) is 3.87. The van der Waals surface area contributed by atoms with E-state index in [1.165, 1.54) is 0 Å². The molecule has 2 heterocycles. The number of H-pyrrole nitrogens is 1. The number of nitrogens with zero attached hydrogens (tertiary/aromatic N) is 3. The van der Waals surface area contributed by atoms with Crippen molar-refractivity contribution in [3.8, 4) is 0 Å². The Balaban J connectivity index is 1.52. The van der Waals surface area contributed by atoms with E-state index in [1.54, 1.807) is 4.90 Å². The molecule has 2 aliphatic rings. The molecule has 0 saturated heterocycles. The molecule has 4 rings (SSSR count). The maximum Gasteiger partial charge on any atom is 0.411 e. The Labute approximate surface area is 176 Å². The van der Waals surface area contributed by atoms with Gasteiger partial charge in [-0.1, -0.05) is 30.3 Å². The topological polar surface area (TPSA) is 90.6 Å². The predicted molar refractivity (Wildman–Crippen MR) is 113 cm³/mol. The Morgan fingerprint density at radius 2 is 2.00 bits per heavy atom. The highest BCUT2D eigenvalue weighted by Crippen LogP contribution is 2.42. The van der Waals surface area contributed by atoms with Crippen molar-refractivity contribution in [2.75, 3.05) is 26.0 Å². The van der Waals surface area contributed by atoms with Crippen LogP contribution in [0.1, 0.15) is 49.6 Å². The molecular weight excluding hydrogens is 382 g/mol. The lowest BCUT2D eigenvalue weighted by atomic mass is 10.0. The van der Waals surface area contributed by atoms with Crippen LogP contribution in [0.4, 0.5) is 10.6 Å². The number of benzene rings is 1. The molecule has 0 bridgehead atoms. The van der Waals surface area contributed by atoms with Gasteiger partial charge in [-0.2, -0.15) is 5.10 Å². The van der Waals surface area contributed by atoms with Gasteiger partial charge in [0.15, 0.2) is 5.82 Å². The molecule has 1 aromatic heterocycles. The van der Waals surface area contributed by atoms with E-state index >= 15 is 0 Å². The largest absolute Gasteiger partial charge is 0.440 e. The molecule has 1 saturated carbocycles. The summed E-state index contributed by atoms with van der Waals surface area (Å²) in [5.74, 6) is 0.599. The molecule has 1 aliphatic carbocycles. The summed E-state index contributed by atoms with van der Waals surface area (Å²) in [6.07, 6.45) is 1.08. The molecule has 2 N–H and O–H groups in total. The molecule has 0 spiro atoms. The summed E-state index contributed by atoms with van der Waals surface area (Å²) in [6, 6.07) is 9.76. The van der Waals surface area contributed by atoms with Crippen LogP contribution in [-0.2, 0) is 21.6 Å². The number of fused-ring (bicyclic) bond motifs is 1. The van der Waals surface area contributed by atoms with Crippen molar-refractivity contribution in [1.29, 1.82) is 0 Å². The number of aromatic nitrogens is 2. The fraction of sp³-hybridized carbons (Fsp3) is 0.500. The first-order chi connectivity index (χ1) is 14.3. The van der Waals surface area contributed by atoms with Gasteiger partial charge in [0.2, 0.25) is 5.91 Å². The highest BCUT2D eigenvalue weighted by molar-refractivity contribution is 5.94. The first-order valence-electron chi connectivity index (χ1n) is 10.3.